The molecule has 1 aromatic carbocycles. The van der Waals surface area contributed by atoms with E-state index in [4.69, 9.17) is 5.73 Å². The summed E-state index contributed by atoms with van der Waals surface area (Å²) in [7, 11) is 1.93. The monoisotopic (exact) mass is 249 g/mol. The molecule has 4 heteroatoms. The lowest BCUT2D eigenvalue weighted by atomic mass is 10.1. The van der Waals surface area contributed by atoms with Crippen LogP contribution in [0, 0.1) is 0 Å². The average Bonchev–Trinajstić information content (AvgIpc) is 2.38. The molecule has 0 aliphatic heterocycles. The number of hydrogen-bond acceptors (Lipinski definition) is 3. The molecule has 1 atom stereocenters. The van der Waals surface area contributed by atoms with Crippen LogP contribution < -0.4 is 11.1 Å². The Kier molecular flexibility index (Phi) is 6.39. The van der Waals surface area contributed by atoms with Crippen LogP contribution in [-0.2, 0) is 4.79 Å². The summed E-state index contributed by atoms with van der Waals surface area (Å²) in [6.45, 7) is 3.64. The second-order valence-corrected chi connectivity index (χ2v) is 4.43. The third-order valence-electron chi connectivity index (χ3n) is 2.90. The molecule has 0 heterocycles. The molecule has 0 bridgehead atoms. The van der Waals surface area contributed by atoms with E-state index in [0.29, 0.717) is 13.1 Å². The van der Waals surface area contributed by atoms with Gasteiger partial charge in [-0.05, 0) is 19.0 Å². The average molecular weight is 249 g/mol. The summed E-state index contributed by atoms with van der Waals surface area (Å²) in [5, 5.41) is 2.87. The third-order valence-corrected chi connectivity index (χ3v) is 2.90. The fourth-order valence-electron chi connectivity index (χ4n) is 1.90. The molecule has 0 aromatic heterocycles. The Morgan fingerprint density at radius 1 is 1.39 bits per heavy atom. The number of carbonyl (C=O) groups is 1. The number of carbonyl (C=O) groups excluding carboxylic acids is 1. The molecular formula is C14H23N3O. The van der Waals surface area contributed by atoms with Crippen LogP contribution in [0.15, 0.2) is 30.3 Å². The highest BCUT2D eigenvalue weighted by Gasteiger charge is 2.17. The van der Waals surface area contributed by atoms with Crippen molar-refractivity contribution in [2.75, 3.05) is 26.7 Å². The zero-order valence-corrected chi connectivity index (χ0v) is 11.2. The van der Waals surface area contributed by atoms with E-state index in [1.807, 2.05) is 49.2 Å². The van der Waals surface area contributed by atoms with Crippen molar-refractivity contribution in [3.8, 4) is 0 Å². The Balaban J connectivity index is 2.57. The van der Waals surface area contributed by atoms with Gasteiger partial charge in [0, 0.05) is 19.1 Å². The van der Waals surface area contributed by atoms with Gasteiger partial charge in [-0.15, -0.1) is 0 Å². The first-order valence-corrected chi connectivity index (χ1v) is 6.41. The highest BCUT2D eigenvalue weighted by atomic mass is 16.2. The van der Waals surface area contributed by atoms with Gasteiger partial charge in [0.15, 0.2) is 0 Å². The summed E-state index contributed by atoms with van der Waals surface area (Å²) in [5.74, 6) is 0.0498. The Morgan fingerprint density at radius 3 is 2.61 bits per heavy atom. The molecule has 0 aliphatic carbocycles. The van der Waals surface area contributed by atoms with Gasteiger partial charge in [0.25, 0.3) is 0 Å². The molecule has 4 nitrogen and oxygen atoms in total. The Hall–Kier alpha value is -1.39. The Labute approximate surface area is 109 Å². The van der Waals surface area contributed by atoms with E-state index in [2.05, 4.69) is 5.32 Å². The lowest BCUT2D eigenvalue weighted by molar-refractivity contribution is -0.122. The summed E-state index contributed by atoms with van der Waals surface area (Å²) in [6.07, 6.45) is 0.953. The maximum absolute atomic E-state index is 11.7. The number of nitrogens with one attached hydrogen (secondary N) is 1. The first-order chi connectivity index (χ1) is 8.69. The smallest absolute Gasteiger partial charge is 0.234 e. The molecule has 1 rings (SSSR count). The van der Waals surface area contributed by atoms with E-state index in [-0.39, 0.29) is 11.9 Å². The Morgan fingerprint density at radius 2 is 2.06 bits per heavy atom. The maximum Gasteiger partial charge on any atom is 0.234 e. The van der Waals surface area contributed by atoms with Gasteiger partial charge in [0.1, 0.15) is 0 Å². The predicted molar refractivity (Wildman–Crippen MR) is 74.2 cm³/mol. The quantitative estimate of drug-likeness (QED) is 0.762. The maximum atomic E-state index is 11.7. The predicted octanol–water partition coefficient (Wildman–Crippen LogP) is 1.14. The summed E-state index contributed by atoms with van der Waals surface area (Å²) in [5.41, 5.74) is 6.95. The summed E-state index contributed by atoms with van der Waals surface area (Å²) >= 11 is 0. The molecule has 18 heavy (non-hydrogen) atoms. The minimum absolute atomic E-state index is 0.0498. The van der Waals surface area contributed by atoms with Gasteiger partial charge in [-0.3, -0.25) is 9.69 Å². The van der Waals surface area contributed by atoms with Gasteiger partial charge < -0.3 is 11.1 Å². The van der Waals surface area contributed by atoms with Crippen LogP contribution in [0.25, 0.3) is 0 Å². The molecule has 100 valence electrons. The van der Waals surface area contributed by atoms with Crippen molar-refractivity contribution >= 4 is 5.91 Å². The van der Waals surface area contributed by atoms with Crippen molar-refractivity contribution in [2.24, 2.45) is 5.73 Å². The normalized spacial score (nSPS) is 12.4. The number of nitrogens with two attached hydrogens (primary N) is 1. The molecule has 0 saturated heterocycles. The lowest BCUT2D eigenvalue weighted by Crippen LogP contribution is -2.39. The number of benzene rings is 1. The molecule has 3 N–H and O–H groups in total. The van der Waals surface area contributed by atoms with Gasteiger partial charge in [-0.2, -0.15) is 0 Å². The van der Waals surface area contributed by atoms with Crippen LogP contribution in [0.2, 0.25) is 0 Å². The number of amides is 1. The fourth-order valence-corrected chi connectivity index (χ4v) is 1.90. The van der Waals surface area contributed by atoms with Crippen LogP contribution in [-0.4, -0.2) is 37.5 Å². The molecular weight excluding hydrogens is 226 g/mol. The standard InChI is InChI=1S/C14H23N3O/c1-3-9-16-14(18)11-17(2)13(10-15)12-7-5-4-6-8-12/h4-8,13H,3,9-11,15H2,1-2H3,(H,16,18). The minimum atomic E-state index is 0.0498. The zero-order chi connectivity index (χ0) is 13.4. The Bertz CT molecular complexity index is 353. The van der Waals surface area contributed by atoms with E-state index >= 15 is 0 Å². The van der Waals surface area contributed by atoms with Crippen molar-refractivity contribution in [3.05, 3.63) is 35.9 Å². The van der Waals surface area contributed by atoms with Crippen LogP contribution >= 0.6 is 0 Å². The topological polar surface area (TPSA) is 58.4 Å². The van der Waals surface area contributed by atoms with E-state index in [1.54, 1.807) is 0 Å². The molecule has 0 spiro atoms. The van der Waals surface area contributed by atoms with Crippen molar-refractivity contribution in [1.29, 1.82) is 0 Å². The van der Waals surface area contributed by atoms with E-state index in [9.17, 15) is 4.79 Å². The number of rotatable bonds is 7. The fraction of sp³-hybridized carbons (Fsp3) is 0.500. The van der Waals surface area contributed by atoms with Gasteiger partial charge in [-0.25, -0.2) is 0 Å². The minimum Gasteiger partial charge on any atom is -0.355 e. The van der Waals surface area contributed by atoms with Crippen LogP contribution in [0.4, 0.5) is 0 Å². The number of hydrogen-bond donors (Lipinski definition) is 2. The van der Waals surface area contributed by atoms with E-state index < -0.39 is 0 Å². The van der Waals surface area contributed by atoms with Crippen LogP contribution in [0.1, 0.15) is 24.9 Å². The summed E-state index contributed by atoms with van der Waals surface area (Å²) in [4.78, 5) is 13.7. The molecule has 1 unspecified atom stereocenters. The first-order valence-electron chi connectivity index (χ1n) is 6.41. The van der Waals surface area contributed by atoms with Crippen molar-refractivity contribution in [3.63, 3.8) is 0 Å². The molecule has 0 fully saturated rings. The summed E-state index contributed by atoms with van der Waals surface area (Å²) < 4.78 is 0. The molecule has 1 amide bonds. The number of likely N-dealkylation sites (N-methyl/N-ethyl adjacent to an activating group) is 1. The second kappa shape index (κ2) is 7.84. The molecule has 0 radical (unpaired) electrons. The second-order valence-electron chi connectivity index (χ2n) is 4.43. The van der Waals surface area contributed by atoms with Gasteiger partial charge >= 0.3 is 0 Å². The molecule has 1 aromatic rings. The van der Waals surface area contributed by atoms with Gasteiger partial charge in [0.05, 0.1) is 6.54 Å². The van der Waals surface area contributed by atoms with Crippen molar-refractivity contribution in [2.45, 2.75) is 19.4 Å². The first kappa shape index (κ1) is 14.7. The van der Waals surface area contributed by atoms with Crippen LogP contribution in [0.5, 0.6) is 0 Å². The van der Waals surface area contributed by atoms with E-state index in [0.717, 1.165) is 18.5 Å². The van der Waals surface area contributed by atoms with Crippen molar-refractivity contribution in [1.82, 2.24) is 10.2 Å². The highest BCUT2D eigenvalue weighted by molar-refractivity contribution is 5.78. The SMILES string of the molecule is CCCNC(=O)CN(C)C(CN)c1ccccc1. The van der Waals surface area contributed by atoms with Gasteiger partial charge in [0.2, 0.25) is 5.91 Å². The van der Waals surface area contributed by atoms with Gasteiger partial charge in [-0.1, -0.05) is 37.3 Å². The molecule has 0 saturated carbocycles. The molecule has 0 aliphatic rings. The zero-order valence-electron chi connectivity index (χ0n) is 11.2. The summed E-state index contributed by atoms with van der Waals surface area (Å²) in [6, 6.07) is 10.1. The van der Waals surface area contributed by atoms with Crippen LogP contribution in [0.3, 0.4) is 0 Å². The largest absolute Gasteiger partial charge is 0.355 e. The van der Waals surface area contributed by atoms with E-state index in [1.165, 1.54) is 0 Å². The third kappa shape index (κ3) is 4.47. The number of nitrogens with zero attached hydrogens (tertiary/aromatic N) is 1. The highest BCUT2D eigenvalue weighted by Crippen LogP contribution is 2.17. The lowest BCUT2D eigenvalue weighted by Gasteiger charge is -2.26. The van der Waals surface area contributed by atoms with Crippen molar-refractivity contribution < 1.29 is 4.79 Å².